The molecular weight excluding hydrogens is 360 g/mol. The van der Waals surface area contributed by atoms with Crippen LogP contribution in [0.4, 0.5) is 0 Å². The Morgan fingerprint density at radius 2 is 2.22 bits per heavy atom. The van der Waals surface area contributed by atoms with E-state index < -0.39 is 54.3 Å². The zero-order valence-corrected chi connectivity index (χ0v) is 14.6. The summed E-state index contributed by atoms with van der Waals surface area (Å²) in [5.41, 5.74) is 4.38. The molecular formula is C15H22N6O6. The van der Waals surface area contributed by atoms with Gasteiger partial charge in [0.05, 0.1) is 25.0 Å². The number of nitrogens with one attached hydrogen (secondary N) is 3. The van der Waals surface area contributed by atoms with Gasteiger partial charge in [-0.15, -0.1) is 0 Å². The Balaban J connectivity index is 1.89. The molecule has 2 aromatic rings. The number of rotatable bonds is 6. The van der Waals surface area contributed by atoms with Crippen molar-refractivity contribution < 1.29 is 19.7 Å². The van der Waals surface area contributed by atoms with Gasteiger partial charge in [0.25, 0.3) is 5.56 Å². The molecule has 1 amide bonds. The molecule has 2 unspecified atom stereocenters. The number of aliphatic hydroxyl groups is 2. The third-order valence-electron chi connectivity index (χ3n) is 4.54. The van der Waals surface area contributed by atoms with Crippen molar-refractivity contribution in [2.24, 2.45) is 5.73 Å². The number of ether oxygens (including phenoxy) is 1. The molecule has 7 N–H and O–H groups in total. The number of amides is 1. The van der Waals surface area contributed by atoms with Crippen molar-refractivity contribution in [3.05, 3.63) is 27.2 Å². The number of hydrogen-bond donors (Lipinski definition) is 6. The van der Waals surface area contributed by atoms with Gasteiger partial charge < -0.3 is 26.0 Å². The van der Waals surface area contributed by atoms with Crippen molar-refractivity contribution >= 4 is 17.1 Å². The molecule has 1 aliphatic rings. The van der Waals surface area contributed by atoms with E-state index >= 15 is 0 Å². The molecule has 1 saturated heterocycles. The average Bonchev–Trinajstić information content (AvgIpc) is 3.17. The lowest BCUT2D eigenvalue weighted by atomic mass is 10.1. The second-order valence-corrected chi connectivity index (χ2v) is 6.43. The van der Waals surface area contributed by atoms with E-state index in [0.717, 1.165) is 0 Å². The van der Waals surface area contributed by atoms with E-state index in [2.05, 4.69) is 20.3 Å². The van der Waals surface area contributed by atoms with Crippen LogP contribution >= 0.6 is 0 Å². The minimum atomic E-state index is -1.28. The number of aromatic amines is 2. The second kappa shape index (κ2) is 7.60. The topological polar surface area (TPSA) is 188 Å². The lowest BCUT2D eigenvalue weighted by Gasteiger charge is -2.22. The van der Waals surface area contributed by atoms with Crippen molar-refractivity contribution in [2.45, 2.75) is 50.3 Å². The first-order valence-corrected chi connectivity index (χ1v) is 8.56. The number of carbonyl (C=O) groups is 1. The monoisotopic (exact) mass is 382 g/mol. The lowest BCUT2D eigenvalue weighted by Crippen LogP contribution is -2.53. The van der Waals surface area contributed by atoms with Gasteiger partial charge in [0.2, 0.25) is 5.91 Å². The highest BCUT2D eigenvalue weighted by molar-refractivity contribution is 5.81. The van der Waals surface area contributed by atoms with Gasteiger partial charge in [0.15, 0.2) is 11.7 Å². The Morgan fingerprint density at radius 3 is 2.89 bits per heavy atom. The first-order chi connectivity index (χ1) is 12.9. The van der Waals surface area contributed by atoms with Gasteiger partial charge >= 0.3 is 5.69 Å². The summed E-state index contributed by atoms with van der Waals surface area (Å²) in [5, 5.41) is 22.8. The first kappa shape index (κ1) is 19.2. The number of hydrogen-bond acceptors (Lipinski definition) is 8. The van der Waals surface area contributed by atoms with E-state index in [1.54, 1.807) is 0 Å². The van der Waals surface area contributed by atoms with Crippen LogP contribution in [-0.2, 0) is 9.53 Å². The van der Waals surface area contributed by atoms with E-state index in [4.69, 9.17) is 10.5 Å². The summed E-state index contributed by atoms with van der Waals surface area (Å²) < 4.78 is 6.92. The summed E-state index contributed by atoms with van der Waals surface area (Å²) in [5.74, 6) is -0.469. The highest BCUT2D eigenvalue weighted by atomic mass is 16.5. The zero-order chi connectivity index (χ0) is 19.7. The summed E-state index contributed by atoms with van der Waals surface area (Å²) in [6.45, 7) is 1.42. The maximum Gasteiger partial charge on any atom is 0.327 e. The number of fused-ring (bicyclic) bond motifs is 1. The minimum Gasteiger partial charge on any atom is -0.394 e. The molecule has 0 spiro atoms. The van der Waals surface area contributed by atoms with Gasteiger partial charge in [-0.1, -0.05) is 13.3 Å². The Kier molecular flexibility index (Phi) is 5.41. The van der Waals surface area contributed by atoms with Crippen LogP contribution in [0.1, 0.15) is 26.0 Å². The predicted octanol–water partition coefficient (Wildman–Crippen LogP) is -2.72. The zero-order valence-electron chi connectivity index (χ0n) is 14.6. The minimum absolute atomic E-state index is 0.0385. The molecule has 0 radical (unpaired) electrons. The van der Waals surface area contributed by atoms with Crippen LogP contribution < -0.4 is 22.3 Å². The number of nitrogens with two attached hydrogens (primary N) is 1. The quantitative estimate of drug-likeness (QED) is 0.310. The molecule has 0 aromatic carbocycles. The van der Waals surface area contributed by atoms with Crippen molar-refractivity contribution in [1.29, 1.82) is 0 Å². The van der Waals surface area contributed by atoms with Crippen LogP contribution in [0, 0.1) is 0 Å². The van der Waals surface area contributed by atoms with E-state index in [1.165, 1.54) is 10.9 Å². The van der Waals surface area contributed by atoms with Crippen molar-refractivity contribution in [1.82, 2.24) is 24.8 Å². The lowest BCUT2D eigenvalue weighted by molar-refractivity contribution is -0.124. The van der Waals surface area contributed by atoms with E-state index in [-0.39, 0.29) is 11.2 Å². The first-order valence-electron chi connectivity index (χ1n) is 8.56. The van der Waals surface area contributed by atoms with Gasteiger partial charge in [-0.25, -0.2) is 9.78 Å². The predicted molar refractivity (Wildman–Crippen MR) is 92.8 cm³/mol. The van der Waals surface area contributed by atoms with Crippen LogP contribution in [0.2, 0.25) is 0 Å². The molecule has 12 heteroatoms. The number of H-pyrrole nitrogens is 2. The van der Waals surface area contributed by atoms with Crippen LogP contribution in [0.25, 0.3) is 11.2 Å². The van der Waals surface area contributed by atoms with Crippen molar-refractivity contribution in [3.63, 3.8) is 0 Å². The highest BCUT2D eigenvalue weighted by Gasteiger charge is 2.46. The summed E-state index contributed by atoms with van der Waals surface area (Å²) >= 11 is 0. The molecule has 0 saturated carbocycles. The standard InChI is InChI=1S/C15H22N6O6/c1-2-3-6(16)12(24)18-8-7(4-22)27-14(10(8)23)21-5-17-9-11(21)19-15(26)20-13(9)25/h5-8,10,14,22-23H,2-4,16H2,1H3,(H,18,24)(H2,19,20,25,26)/t6?,7-,8?,10+,14-/m1/s1. The molecule has 27 heavy (non-hydrogen) atoms. The number of aromatic nitrogens is 4. The van der Waals surface area contributed by atoms with Gasteiger partial charge in [-0.3, -0.25) is 24.1 Å². The highest BCUT2D eigenvalue weighted by Crippen LogP contribution is 2.30. The normalized spacial score (nSPS) is 26.4. The number of imidazole rings is 1. The van der Waals surface area contributed by atoms with Crippen LogP contribution in [0.5, 0.6) is 0 Å². The molecule has 0 aliphatic carbocycles. The number of carbonyl (C=O) groups excluding carboxylic acids is 1. The Bertz CT molecular complexity index is 935. The van der Waals surface area contributed by atoms with Gasteiger partial charge in [-0.2, -0.15) is 0 Å². The summed E-state index contributed by atoms with van der Waals surface area (Å²) in [6, 6.07) is -1.67. The fourth-order valence-corrected chi connectivity index (χ4v) is 3.17. The van der Waals surface area contributed by atoms with Crippen LogP contribution in [0.15, 0.2) is 15.9 Å². The molecule has 3 heterocycles. The van der Waals surface area contributed by atoms with E-state index in [1.807, 2.05) is 6.92 Å². The molecule has 1 fully saturated rings. The third-order valence-corrected chi connectivity index (χ3v) is 4.54. The Morgan fingerprint density at radius 1 is 1.48 bits per heavy atom. The number of aliphatic hydroxyl groups excluding tert-OH is 2. The molecule has 12 nitrogen and oxygen atoms in total. The average molecular weight is 382 g/mol. The molecule has 148 valence electrons. The van der Waals surface area contributed by atoms with Gasteiger partial charge in [0, 0.05) is 0 Å². The van der Waals surface area contributed by atoms with E-state index in [0.29, 0.717) is 12.8 Å². The Hall–Kier alpha value is -2.54. The van der Waals surface area contributed by atoms with Crippen molar-refractivity contribution in [2.75, 3.05) is 6.61 Å². The summed E-state index contributed by atoms with van der Waals surface area (Å²) in [4.78, 5) is 44.0. The maximum atomic E-state index is 12.2. The maximum absolute atomic E-state index is 12.2. The molecule has 1 aliphatic heterocycles. The largest absolute Gasteiger partial charge is 0.394 e. The fraction of sp³-hybridized carbons (Fsp3) is 0.600. The smallest absolute Gasteiger partial charge is 0.327 e. The van der Waals surface area contributed by atoms with Gasteiger partial charge in [-0.05, 0) is 6.42 Å². The molecule has 2 aromatic heterocycles. The SMILES string of the molecule is CCCC(N)C(=O)NC1[C@@H](CO)O[C@@H](n2cnc3c(=O)[nH]c(=O)[nH]c32)[C@H]1O. The summed E-state index contributed by atoms with van der Waals surface area (Å²) in [7, 11) is 0. The third kappa shape index (κ3) is 3.51. The fourth-order valence-electron chi connectivity index (χ4n) is 3.17. The van der Waals surface area contributed by atoms with Gasteiger partial charge in [0.1, 0.15) is 17.9 Å². The van der Waals surface area contributed by atoms with E-state index in [9.17, 15) is 24.6 Å². The Labute approximate surface area is 152 Å². The van der Waals surface area contributed by atoms with Crippen molar-refractivity contribution in [3.8, 4) is 0 Å². The number of nitrogens with zero attached hydrogens (tertiary/aromatic N) is 2. The second-order valence-electron chi connectivity index (χ2n) is 6.43. The molecule has 3 rings (SSSR count). The summed E-state index contributed by atoms with van der Waals surface area (Å²) in [6.07, 6.45) is -0.858. The molecule has 5 atom stereocenters. The molecule has 0 bridgehead atoms. The van der Waals surface area contributed by atoms with Crippen LogP contribution in [-0.4, -0.2) is 66.5 Å². The van der Waals surface area contributed by atoms with Crippen LogP contribution in [0.3, 0.4) is 0 Å².